The van der Waals surface area contributed by atoms with E-state index in [1.807, 2.05) is 68.4 Å². The zero-order chi connectivity index (χ0) is 29.3. The molecule has 4 aromatic rings. The minimum atomic E-state index is -0.924. The van der Waals surface area contributed by atoms with Gasteiger partial charge in [-0.15, -0.1) is 0 Å². The number of nitrogen functional groups attached to an aromatic ring is 1. The first-order valence-electron chi connectivity index (χ1n) is 14.1. The largest absolute Gasteiger partial charge is 0.462 e. The summed E-state index contributed by atoms with van der Waals surface area (Å²) >= 11 is 0.999. The van der Waals surface area contributed by atoms with Crippen molar-refractivity contribution in [1.82, 2.24) is 4.37 Å². The van der Waals surface area contributed by atoms with Crippen LogP contribution in [0.3, 0.4) is 0 Å². The summed E-state index contributed by atoms with van der Waals surface area (Å²) in [6.45, 7) is 5.92. The van der Waals surface area contributed by atoms with Crippen molar-refractivity contribution in [3.05, 3.63) is 118 Å². The maximum absolute atomic E-state index is 12.5. The molecule has 1 aromatic heterocycles. The molecule has 0 unspecified atom stereocenters. The minimum Gasteiger partial charge on any atom is -0.462 e. The van der Waals surface area contributed by atoms with Crippen molar-refractivity contribution >= 4 is 23.2 Å². The van der Waals surface area contributed by atoms with E-state index in [0.29, 0.717) is 5.69 Å². The lowest BCUT2D eigenvalue weighted by Gasteiger charge is -2.37. The smallest absolute Gasteiger partial charge is 0.352 e. The molecule has 218 valence electrons. The first-order valence-corrected chi connectivity index (χ1v) is 14.8. The molecule has 9 heteroatoms. The van der Waals surface area contributed by atoms with Gasteiger partial charge in [0.05, 0.1) is 18.9 Å². The summed E-state index contributed by atoms with van der Waals surface area (Å²) in [5.41, 5.74) is 9.14. The van der Waals surface area contributed by atoms with Gasteiger partial charge in [0.2, 0.25) is 0 Å². The molecule has 3 heterocycles. The predicted octanol–water partition coefficient (Wildman–Crippen LogP) is 5.87. The van der Waals surface area contributed by atoms with Gasteiger partial charge in [0, 0.05) is 0 Å². The Morgan fingerprint density at radius 1 is 0.905 bits per heavy atom. The number of hydrogen-bond acceptors (Lipinski definition) is 9. The first kappa shape index (κ1) is 28.5. The zero-order valence-corrected chi connectivity index (χ0v) is 24.6. The van der Waals surface area contributed by atoms with Crippen LogP contribution in [0.4, 0.5) is 5.69 Å². The molecule has 0 aliphatic carbocycles. The lowest BCUT2D eigenvalue weighted by Crippen LogP contribution is -2.39. The quantitative estimate of drug-likeness (QED) is 0.192. The molecule has 0 spiro atoms. The third-order valence-electron chi connectivity index (χ3n) is 7.64. The molecule has 2 aliphatic heterocycles. The van der Waals surface area contributed by atoms with Gasteiger partial charge in [-0.25, -0.2) is 4.79 Å². The van der Waals surface area contributed by atoms with Crippen LogP contribution in [-0.2, 0) is 29.3 Å². The summed E-state index contributed by atoms with van der Waals surface area (Å²) < 4.78 is 36.0. The molecular weight excluding hydrogens is 552 g/mol. The predicted molar refractivity (Wildman–Crippen MR) is 159 cm³/mol. The van der Waals surface area contributed by atoms with E-state index in [-0.39, 0.29) is 23.8 Å². The van der Waals surface area contributed by atoms with Gasteiger partial charge in [0.1, 0.15) is 35.7 Å². The van der Waals surface area contributed by atoms with Gasteiger partial charge < -0.3 is 29.4 Å². The van der Waals surface area contributed by atoms with Crippen LogP contribution in [0.5, 0.6) is 0 Å². The number of benzene rings is 3. The monoisotopic (exact) mass is 586 g/mol. The van der Waals surface area contributed by atoms with Gasteiger partial charge in [-0.05, 0) is 49.0 Å². The third-order valence-corrected chi connectivity index (χ3v) is 8.50. The molecule has 8 nitrogen and oxygen atoms in total. The number of carbonyl (C=O) groups is 1. The number of ether oxygens (including phenoxy) is 5. The van der Waals surface area contributed by atoms with Crippen LogP contribution in [0, 0.1) is 0 Å². The Balaban J connectivity index is 1.37. The van der Waals surface area contributed by atoms with E-state index in [0.717, 1.165) is 28.2 Å². The lowest BCUT2D eigenvalue weighted by molar-refractivity contribution is -0.196. The lowest BCUT2D eigenvalue weighted by atomic mass is 9.80. The summed E-state index contributed by atoms with van der Waals surface area (Å²) in [5.74, 6) is -1.35. The number of anilines is 1. The molecular formula is C33H34N2O6S. The van der Waals surface area contributed by atoms with Crippen LogP contribution < -0.4 is 5.73 Å². The first-order chi connectivity index (χ1) is 20.3. The van der Waals surface area contributed by atoms with E-state index in [1.165, 1.54) is 0 Å². The molecule has 2 aliphatic rings. The van der Waals surface area contributed by atoms with E-state index in [9.17, 15) is 4.79 Å². The highest BCUT2D eigenvalue weighted by Crippen LogP contribution is 2.48. The number of carbonyl (C=O) groups excluding carboxylic acids is 1. The van der Waals surface area contributed by atoms with Crippen molar-refractivity contribution in [2.45, 2.75) is 56.6 Å². The summed E-state index contributed by atoms with van der Waals surface area (Å²) in [6.07, 6.45) is -2.10. The molecule has 3 aromatic carbocycles. The Labute approximate surface area is 249 Å². The van der Waals surface area contributed by atoms with E-state index in [2.05, 4.69) is 40.8 Å². The maximum atomic E-state index is 12.5. The van der Waals surface area contributed by atoms with Gasteiger partial charge in [0.15, 0.2) is 10.7 Å². The second-order valence-corrected chi connectivity index (χ2v) is 11.6. The fourth-order valence-corrected chi connectivity index (χ4v) is 6.60. The molecule has 4 atom stereocenters. The van der Waals surface area contributed by atoms with E-state index in [4.69, 9.17) is 29.4 Å². The van der Waals surface area contributed by atoms with Crippen molar-refractivity contribution < 1.29 is 28.5 Å². The highest BCUT2D eigenvalue weighted by Gasteiger charge is 2.57. The Kier molecular flexibility index (Phi) is 7.87. The summed E-state index contributed by atoms with van der Waals surface area (Å²) in [6, 6.07) is 30.5. The Morgan fingerprint density at radius 3 is 1.95 bits per heavy atom. The average Bonchev–Trinajstić information content (AvgIpc) is 3.65. The normalized spacial score (nSPS) is 23.0. The Morgan fingerprint density at radius 2 is 1.43 bits per heavy atom. The van der Waals surface area contributed by atoms with Crippen molar-refractivity contribution in [1.29, 1.82) is 0 Å². The summed E-state index contributed by atoms with van der Waals surface area (Å²) in [7, 11) is 0. The number of esters is 1. The van der Waals surface area contributed by atoms with Gasteiger partial charge in [-0.2, -0.15) is 4.37 Å². The Hall–Kier alpha value is -3.60. The molecule has 2 N–H and O–H groups in total. The number of rotatable bonds is 9. The third kappa shape index (κ3) is 5.12. The number of nitrogens with zero attached hydrogens (tertiary/aromatic N) is 1. The molecule has 2 fully saturated rings. The molecule has 0 radical (unpaired) electrons. The van der Waals surface area contributed by atoms with Gasteiger partial charge >= 0.3 is 5.97 Å². The van der Waals surface area contributed by atoms with Crippen LogP contribution in [-0.4, -0.2) is 47.7 Å². The molecule has 0 amide bonds. The summed E-state index contributed by atoms with van der Waals surface area (Å²) in [5, 5.41) is 0. The summed E-state index contributed by atoms with van der Waals surface area (Å²) in [4.78, 5) is 12.7. The standard InChI is InChI=1S/C33H34N2O6S/c1-4-37-31(36)30-25(34)26(35-42-30)28-29-27(40-32(2,3)41-29)24(39-28)20-38-33(21-14-8-5-9-15-21,22-16-10-6-11-17-22)23-18-12-7-13-19-23/h5-19,24,27-29H,4,20,34H2,1-3H3/t24-,27-,28-,29-/m1/s1. The molecule has 6 rings (SSSR count). The van der Waals surface area contributed by atoms with E-state index in [1.54, 1.807) is 6.92 Å². The van der Waals surface area contributed by atoms with E-state index >= 15 is 0 Å². The molecule has 2 saturated heterocycles. The van der Waals surface area contributed by atoms with Crippen molar-refractivity contribution in [2.24, 2.45) is 0 Å². The molecule has 42 heavy (non-hydrogen) atoms. The highest BCUT2D eigenvalue weighted by molar-refractivity contribution is 7.08. The van der Waals surface area contributed by atoms with Crippen molar-refractivity contribution in [3.63, 3.8) is 0 Å². The molecule has 0 saturated carbocycles. The fourth-order valence-electron chi connectivity index (χ4n) is 5.87. The second kappa shape index (κ2) is 11.6. The minimum absolute atomic E-state index is 0.185. The second-order valence-electron chi connectivity index (χ2n) is 10.8. The maximum Gasteiger partial charge on any atom is 0.352 e. The van der Waals surface area contributed by atoms with Gasteiger partial charge in [0.25, 0.3) is 0 Å². The number of fused-ring (bicyclic) bond motifs is 1. The van der Waals surface area contributed by atoms with Gasteiger partial charge in [-0.3, -0.25) is 0 Å². The topological polar surface area (TPSA) is 102 Å². The van der Waals surface area contributed by atoms with Crippen LogP contribution in [0.2, 0.25) is 0 Å². The SMILES string of the molecule is CCOC(=O)c1snc([C@H]2O[C@H](COC(c3ccccc3)(c3ccccc3)c3ccccc3)[C@H]3OC(C)(C)O[C@H]32)c1N. The highest BCUT2D eigenvalue weighted by atomic mass is 32.1. The van der Waals surface area contributed by atoms with Crippen LogP contribution in [0.1, 0.15) is 58.9 Å². The average molecular weight is 587 g/mol. The molecule has 0 bridgehead atoms. The number of nitrogens with two attached hydrogens (primary N) is 1. The van der Waals surface area contributed by atoms with Crippen LogP contribution >= 0.6 is 11.5 Å². The van der Waals surface area contributed by atoms with Crippen LogP contribution in [0.15, 0.2) is 91.0 Å². The zero-order valence-electron chi connectivity index (χ0n) is 23.8. The Bertz CT molecular complexity index is 1410. The van der Waals surface area contributed by atoms with Gasteiger partial charge in [-0.1, -0.05) is 91.0 Å². The van der Waals surface area contributed by atoms with Crippen LogP contribution in [0.25, 0.3) is 0 Å². The number of hydrogen-bond donors (Lipinski definition) is 1. The van der Waals surface area contributed by atoms with Crippen molar-refractivity contribution in [2.75, 3.05) is 18.9 Å². The number of aromatic nitrogens is 1. The van der Waals surface area contributed by atoms with E-state index < -0.39 is 41.8 Å². The fraction of sp³-hybridized carbons (Fsp3) is 0.333. The van der Waals surface area contributed by atoms with Crippen molar-refractivity contribution in [3.8, 4) is 0 Å².